The number of hydrogen-bond donors (Lipinski definition) is 1. The second-order valence-corrected chi connectivity index (χ2v) is 13.2. The van der Waals surface area contributed by atoms with Crippen molar-refractivity contribution in [2.45, 2.75) is 71.3 Å². The molecule has 108 valence electrons. The van der Waals surface area contributed by atoms with E-state index in [0.29, 0.717) is 0 Å². The van der Waals surface area contributed by atoms with Gasteiger partial charge < -0.3 is 5.32 Å². The van der Waals surface area contributed by atoms with Gasteiger partial charge in [0.25, 0.3) is 0 Å². The highest BCUT2D eigenvalue weighted by molar-refractivity contribution is 6.79. The summed E-state index contributed by atoms with van der Waals surface area (Å²) in [5, 5.41) is 3.63. The first-order chi connectivity index (χ1) is 8.60. The van der Waals surface area contributed by atoms with Crippen LogP contribution in [-0.2, 0) is 0 Å². The summed E-state index contributed by atoms with van der Waals surface area (Å²) in [7, 11) is -0.775. The first-order valence-electron chi connectivity index (χ1n) is 7.94. The second-order valence-electron chi connectivity index (χ2n) is 5.84. The zero-order valence-electron chi connectivity index (χ0n) is 13.4. The van der Waals surface area contributed by atoms with Gasteiger partial charge in [0.05, 0.1) is 8.07 Å². The van der Waals surface area contributed by atoms with Crippen LogP contribution in [0.25, 0.3) is 0 Å². The fourth-order valence-electron chi connectivity index (χ4n) is 2.61. The molecule has 0 heterocycles. The maximum atomic E-state index is 3.63. The fraction of sp³-hybridized carbons (Fsp3) is 0.867. The van der Waals surface area contributed by atoms with Gasteiger partial charge in [-0.2, -0.15) is 0 Å². The summed E-state index contributed by atoms with van der Waals surface area (Å²) in [5.74, 6) is 0. The van der Waals surface area contributed by atoms with Crippen molar-refractivity contribution >= 4 is 17.6 Å². The average molecular weight is 286 g/mol. The maximum Gasteiger partial charge on any atom is 0.0528 e. The van der Waals surface area contributed by atoms with Crippen LogP contribution in [0.2, 0.25) is 30.2 Å². The molecule has 0 saturated carbocycles. The van der Waals surface area contributed by atoms with E-state index in [-0.39, 0.29) is 9.52 Å². The molecular weight excluding hydrogens is 250 g/mol. The summed E-state index contributed by atoms with van der Waals surface area (Å²) in [5.41, 5.74) is 3.98. The molecule has 0 fully saturated rings. The Hall–Kier alpha value is 0.134. The lowest BCUT2D eigenvalue weighted by Crippen LogP contribution is -2.32. The van der Waals surface area contributed by atoms with Gasteiger partial charge in [0.2, 0.25) is 0 Å². The summed E-state index contributed by atoms with van der Waals surface area (Å²) in [4.78, 5) is 0. The minimum absolute atomic E-state index is 0.0732. The van der Waals surface area contributed by atoms with Crippen LogP contribution in [0.4, 0.5) is 0 Å². The Bertz CT molecular complexity index is 210. The number of hydrogen-bond acceptors (Lipinski definition) is 1. The molecule has 0 bridgehead atoms. The van der Waals surface area contributed by atoms with E-state index in [4.69, 9.17) is 0 Å². The molecule has 0 rings (SSSR count). The van der Waals surface area contributed by atoms with Gasteiger partial charge in [-0.15, -0.1) is 5.70 Å². The van der Waals surface area contributed by atoms with Gasteiger partial charge >= 0.3 is 0 Å². The Morgan fingerprint density at radius 1 is 1.06 bits per heavy atom. The molecule has 18 heavy (non-hydrogen) atoms. The predicted octanol–water partition coefficient (Wildman–Crippen LogP) is 3.99. The Morgan fingerprint density at radius 3 is 2.17 bits per heavy atom. The number of allylic oxidation sites excluding steroid dienone is 1. The van der Waals surface area contributed by atoms with Crippen molar-refractivity contribution in [2.75, 3.05) is 13.1 Å². The third-order valence-electron chi connectivity index (χ3n) is 4.42. The van der Waals surface area contributed by atoms with E-state index in [0.717, 1.165) is 0 Å². The predicted molar refractivity (Wildman–Crippen MR) is 92.3 cm³/mol. The molecule has 0 atom stereocenters. The molecular formula is C15H35NSi2. The molecule has 0 aromatic heterocycles. The third-order valence-corrected chi connectivity index (χ3v) is 12.2. The van der Waals surface area contributed by atoms with Crippen LogP contribution in [-0.4, -0.2) is 30.7 Å². The fourth-order valence-corrected chi connectivity index (χ4v) is 7.33. The van der Waals surface area contributed by atoms with Gasteiger partial charge in [-0.05, 0) is 39.4 Å². The summed E-state index contributed by atoms with van der Waals surface area (Å²) in [6.45, 7) is 14.2. The van der Waals surface area contributed by atoms with Crippen LogP contribution < -0.4 is 5.32 Å². The standard InChI is InChI=1S/C15H35NSi2/c1-6-18(7-2,8-3)13-9-10-16-11-12-17-14-15(4)5/h14,16H,6-13,17H2,1-5H3. The molecule has 0 radical (unpaired) electrons. The molecule has 0 aliphatic rings. The van der Waals surface area contributed by atoms with Crippen molar-refractivity contribution in [2.24, 2.45) is 0 Å². The van der Waals surface area contributed by atoms with Gasteiger partial charge in [-0.3, -0.25) is 0 Å². The zero-order chi connectivity index (χ0) is 13.9. The van der Waals surface area contributed by atoms with E-state index in [2.05, 4.69) is 45.6 Å². The SMILES string of the molecule is CC[Si](CC)(CC)CCCNCC[SiH2]C=C(C)C. The lowest BCUT2D eigenvalue weighted by molar-refractivity contribution is 0.695. The second kappa shape index (κ2) is 11.0. The molecule has 1 nitrogen and oxygen atoms in total. The summed E-state index contributed by atoms with van der Waals surface area (Å²) < 4.78 is 0. The summed E-state index contributed by atoms with van der Waals surface area (Å²) in [6.07, 6.45) is 1.41. The van der Waals surface area contributed by atoms with Crippen LogP contribution in [0, 0.1) is 0 Å². The molecule has 0 aliphatic carbocycles. The Labute approximate surface area is 119 Å². The maximum absolute atomic E-state index is 3.63. The smallest absolute Gasteiger partial charge is 0.0528 e. The average Bonchev–Trinajstić information content (AvgIpc) is 2.38. The van der Waals surface area contributed by atoms with Gasteiger partial charge in [-0.1, -0.05) is 50.5 Å². The normalized spacial score (nSPS) is 12.3. The van der Waals surface area contributed by atoms with E-state index in [1.54, 1.807) is 0 Å². The van der Waals surface area contributed by atoms with Crippen LogP contribution in [0.3, 0.4) is 0 Å². The zero-order valence-corrected chi connectivity index (χ0v) is 15.9. The van der Waals surface area contributed by atoms with E-state index in [1.165, 1.54) is 55.3 Å². The molecule has 0 aliphatic heterocycles. The van der Waals surface area contributed by atoms with E-state index in [9.17, 15) is 0 Å². The quantitative estimate of drug-likeness (QED) is 0.447. The van der Waals surface area contributed by atoms with Crippen molar-refractivity contribution in [1.29, 1.82) is 0 Å². The highest BCUT2D eigenvalue weighted by Gasteiger charge is 2.25. The van der Waals surface area contributed by atoms with Crippen molar-refractivity contribution in [1.82, 2.24) is 5.32 Å². The lowest BCUT2D eigenvalue weighted by Gasteiger charge is -2.28. The van der Waals surface area contributed by atoms with Crippen molar-refractivity contribution in [3.05, 3.63) is 11.3 Å². The number of rotatable bonds is 11. The molecule has 0 saturated heterocycles. The Kier molecular flexibility index (Phi) is 11.1. The minimum atomic E-state index is -0.849. The summed E-state index contributed by atoms with van der Waals surface area (Å²) >= 11 is 0. The van der Waals surface area contributed by atoms with Crippen molar-refractivity contribution in [3.8, 4) is 0 Å². The van der Waals surface area contributed by atoms with Crippen LogP contribution >= 0.6 is 0 Å². The van der Waals surface area contributed by atoms with Crippen molar-refractivity contribution in [3.63, 3.8) is 0 Å². The van der Waals surface area contributed by atoms with Gasteiger partial charge in [0, 0.05) is 9.52 Å². The topological polar surface area (TPSA) is 12.0 Å². The van der Waals surface area contributed by atoms with Crippen LogP contribution in [0.15, 0.2) is 11.3 Å². The first kappa shape index (κ1) is 18.1. The monoisotopic (exact) mass is 285 g/mol. The molecule has 0 amide bonds. The minimum Gasteiger partial charge on any atom is -0.317 e. The third kappa shape index (κ3) is 8.27. The Morgan fingerprint density at radius 2 is 1.67 bits per heavy atom. The number of nitrogens with one attached hydrogen (secondary N) is 1. The highest BCUT2D eigenvalue weighted by Crippen LogP contribution is 2.26. The van der Waals surface area contributed by atoms with Crippen molar-refractivity contribution < 1.29 is 0 Å². The van der Waals surface area contributed by atoms with Crippen LogP contribution in [0.1, 0.15) is 41.0 Å². The summed E-state index contributed by atoms with van der Waals surface area (Å²) in [6, 6.07) is 7.40. The van der Waals surface area contributed by atoms with E-state index < -0.39 is 8.07 Å². The molecule has 0 spiro atoms. The van der Waals surface area contributed by atoms with Crippen LogP contribution in [0.5, 0.6) is 0 Å². The molecule has 1 N–H and O–H groups in total. The highest BCUT2D eigenvalue weighted by atomic mass is 28.3. The molecule has 0 unspecified atom stereocenters. The molecule has 0 aromatic carbocycles. The van der Waals surface area contributed by atoms with Gasteiger partial charge in [0.15, 0.2) is 0 Å². The van der Waals surface area contributed by atoms with E-state index >= 15 is 0 Å². The molecule has 0 aromatic rings. The largest absolute Gasteiger partial charge is 0.317 e. The van der Waals surface area contributed by atoms with Gasteiger partial charge in [0.1, 0.15) is 0 Å². The first-order valence-corrected chi connectivity index (χ1v) is 12.6. The van der Waals surface area contributed by atoms with E-state index in [1.807, 2.05) is 0 Å². The molecule has 3 heteroatoms. The lowest BCUT2D eigenvalue weighted by atomic mass is 10.4. The van der Waals surface area contributed by atoms with Gasteiger partial charge in [-0.25, -0.2) is 0 Å². The Balaban J connectivity index is 3.52.